The number of thiophene rings is 1. The van der Waals surface area contributed by atoms with E-state index < -0.39 is 21.8 Å². The van der Waals surface area contributed by atoms with E-state index in [1.54, 1.807) is 18.5 Å². The summed E-state index contributed by atoms with van der Waals surface area (Å²) in [4.78, 5) is 3.48. The Balaban J connectivity index is 0.00000225. The van der Waals surface area contributed by atoms with Crippen LogP contribution in [-0.2, 0) is 16.6 Å². The Kier molecular flexibility index (Phi) is 5.94. The van der Waals surface area contributed by atoms with Crippen LogP contribution in [-0.4, -0.2) is 24.4 Å². The van der Waals surface area contributed by atoms with Crippen LogP contribution in [0.5, 0.6) is 0 Å². The molecule has 0 aliphatic heterocycles. The molecule has 0 bridgehead atoms. The number of hydrogen-bond donors (Lipinski definition) is 1. The molecule has 0 saturated carbocycles. The molecule has 0 aromatic carbocycles. The maximum Gasteiger partial charge on any atom is 0.277 e. The van der Waals surface area contributed by atoms with Gasteiger partial charge in [0.05, 0.1) is 5.56 Å². The molecular weight excluding hydrogens is 392 g/mol. The Morgan fingerprint density at radius 1 is 1.28 bits per heavy atom. The third-order valence-corrected chi connectivity index (χ3v) is 6.41. The highest BCUT2D eigenvalue weighted by molar-refractivity contribution is 7.92. The number of halogens is 3. The molecule has 0 aliphatic rings. The smallest absolute Gasteiger partial charge is 0.277 e. The Morgan fingerprint density at radius 2 is 2.04 bits per heavy atom. The van der Waals surface area contributed by atoms with Crippen LogP contribution in [0.15, 0.2) is 46.2 Å². The highest BCUT2D eigenvalue weighted by Gasteiger charge is 2.28. The topological polar surface area (TPSA) is 64.0 Å². The van der Waals surface area contributed by atoms with Crippen molar-refractivity contribution in [2.24, 2.45) is 0 Å². The highest BCUT2D eigenvalue weighted by Crippen LogP contribution is 2.32. The van der Waals surface area contributed by atoms with Gasteiger partial charge in [0.25, 0.3) is 10.0 Å². The lowest BCUT2D eigenvalue weighted by Crippen LogP contribution is -2.13. The number of nitrogens with one attached hydrogen (secondary N) is 1. The van der Waals surface area contributed by atoms with Crippen molar-refractivity contribution < 1.29 is 17.2 Å². The first-order valence-electron chi connectivity index (χ1n) is 6.91. The van der Waals surface area contributed by atoms with Crippen molar-refractivity contribution in [1.29, 1.82) is 0 Å². The second-order valence-electron chi connectivity index (χ2n) is 4.92. The summed E-state index contributed by atoms with van der Waals surface area (Å²) in [5, 5.41) is 4.37. The van der Waals surface area contributed by atoms with Gasteiger partial charge >= 0.3 is 0 Å². The van der Waals surface area contributed by atoms with Crippen molar-refractivity contribution in [3.63, 3.8) is 0 Å². The summed E-state index contributed by atoms with van der Waals surface area (Å²) >= 11 is 1.01. The van der Waals surface area contributed by atoms with Gasteiger partial charge in [0, 0.05) is 24.5 Å². The van der Waals surface area contributed by atoms with Gasteiger partial charge in [-0.3, -0.25) is 0 Å². The fourth-order valence-corrected chi connectivity index (χ4v) is 4.79. The summed E-state index contributed by atoms with van der Waals surface area (Å²) in [6.45, 7) is 0.105. The zero-order chi connectivity index (χ0) is 17.3. The molecule has 0 saturated heterocycles. The second-order valence-corrected chi connectivity index (χ2v) is 7.91. The van der Waals surface area contributed by atoms with E-state index in [4.69, 9.17) is 0 Å². The van der Waals surface area contributed by atoms with E-state index in [0.717, 1.165) is 15.3 Å². The molecule has 3 rings (SSSR count). The van der Waals surface area contributed by atoms with Crippen molar-refractivity contribution in [1.82, 2.24) is 14.3 Å². The van der Waals surface area contributed by atoms with Crippen LogP contribution in [0.25, 0.3) is 11.3 Å². The van der Waals surface area contributed by atoms with Crippen molar-refractivity contribution in [3.8, 4) is 11.3 Å². The number of rotatable bonds is 5. The van der Waals surface area contributed by atoms with Gasteiger partial charge in [-0.15, -0.1) is 23.7 Å². The van der Waals surface area contributed by atoms with Gasteiger partial charge in [-0.2, -0.15) is 12.8 Å². The second kappa shape index (κ2) is 7.61. The van der Waals surface area contributed by atoms with E-state index in [2.05, 4.69) is 10.3 Å². The minimum atomic E-state index is -4.04. The van der Waals surface area contributed by atoms with Gasteiger partial charge < -0.3 is 5.32 Å². The highest BCUT2D eigenvalue weighted by atomic mass is 35.5. The molecule has 3 aromatic heterocycles. The summed E-state index contributed by atoms with van der Waals surface area (Å²) in [6.07, 6.45) is 2.38. The zero-order valence-electron chi connectivity index (χ0n) is 12.9. The standard InChI is InChI=1S/C15H13F2N3O2S2.ClH/c1-18-8-10-9-20(24(21,22)12-5-3-7-23-12)14(13(10)16)11-4-2-6-19-15(11)17;/h2-7,9,18H,8H2,1H3;1H. The molecule has 10 heteroatoms. The minimum Gasteiger partial charge on any atom is -0.316 e. The molecule has 0 radical (unpaired) electrons. The number of pyridine rings is 1. The van der Waals surface area contributed by atoms with E-state index in [1.165, 1.54) is 30.6 Å². The van der Waals surface area contributed by atoms with Crippen molar-refractivity contribution in [3.05, 3.63) is 59.4 Å². The first kappa shape index (κ1) is 19.5. The van der Waals surface area contributed by atoms with E-state index in [0.29, 0.717) is 0 Å². The first-order valence-corrected chi connectivity index (χ1v) is 9.23. The lowest BCUT2D eigenvalue weighted by molar-refractivity contribution is 0.575. The monoisotopic (exact) mass is 405 g/mol. The maximum atomic E-state index is 14.8. The van der Waals surface area contributed by atoms with E-state index >= 15 is 0 Å². The quantitative estimate of drug-likeness (QED) is 0.662. The fraction of sp³-hybridized carbons (Fsp3) is 0.133. The molecule has 25 heavy (non-hydrogen) atoms. The molecule has 1 N–H and O–H groups in total. The summed E-state index contributed by atoms with van der Waals surface area (Å²) in [5.41, 5.74) is -0.451. The lowest BCUT2D eigenvalue weighted by atomic mass is 10.2. The predicted molar refractivity (Wildman–Crippen MR) is 94.5 cm³/mol. The normalized spacial score (nSPS) is 11.3. The van der Waals surface area contributed by atoms with Gasteiger partial charge in [-0.1, -0.05) is 6.07 Å². The van der Waals surface area contributed by atoms with Crippen molar-refractivity contribution in [2.45, 2.75) is 10.8 Å². The lowest BCUT2D eigenvalue weighted by Gasteiger charge is -2.09. The predicted octanol–water partition coefficient (Wildman–Crippen LogP) is 3.27. The van der Waals surface area contributed by atoms with E-state index in [-0.39, 0.29) is 40.0 Å². The van der Waals surface area contributed by atoms with Gasteiger partial charge in [0.15, 0.2) is 5.82 Å². The molecule has 3 aromatic rings. The first-order chi connectivity index (χ1) is 11.5. The Morgan fingerprint density at radius 3 is 2.64 bits per heavy atom. The summed E-state index contributed by atoms with van der Waals surface area (Å²) < 4.78 is 55.3. The van der Waals surface area contributed by atoms with Crippen molar-refractivity contribution in [2.75, 3.05) is 7.05 Å². The molecule has 134 valence electrons. The van der Waals surface area contributed by atoms with E-state index in [9.17, 15) is 17.2 Å². The summed E-state index contributed by atoms with van der Waals surface area (Å²) in [7, 11) is -2.43. The molecule has 5 nitrogen and oxygen atoms in total. The number of hydrogen-bond acceptors (Lipinski definition) is 5. The average Bonchev–Trinajstić information content (AvgIpc) is 3.19. The van der Waals surface area contributed by atoms with E-state index in [1.807, 2.05) is 0 Å². The summed E-state index contributed by atoms with van der Waals surface area (Å²) in [5.74, 6) is -1.73. The van der Waals surface area contributed by atoms with Gasteiger partial charge in [0.1, 0.15) is 9.90 Å². The van der Waals surface area contributed by atoms with Crippen LogP contribution in [0.3, 0.4) is 0 Å². The Bertz CT molecular complexity index is 973. The molecule has 0 aliphatic carbocycles. The fourth-order valence-electron chi connectivity index (χ4n) is 2.32. The van der Waals surface area contributed by atoms with Crippen LogP contribution < -0.4 is 5.32 Å². The SMILES string of the molecule is CNCc1cn(S(=O)(=O)c2cccs2)c(-c2cccnc2F)c1F.Cl. The van der Waals surface area contributed by atoms with Crippen LogP contribution in [0, 0.1) is 11.8 Å². The molecule has 3 heterocycles. The third kappa shape index (κ3) is 3.45. The third-order valence-electron chi connectivity index (χ3n) is 3.37. The number of nitrogens with zero attached hydrogens (tertiary/aromatic N) is 2. The van der Waals surface area contributed by atoms with Crippen LogP contribution >= 0.6 is 23.7 Å². The molecule has 0 atom stereocenters. The molecular formula is C15H14ClF2N3O2S2. The maximum absolute atomic E-state index is 14.8. The Labute approximate surface area is 153 Å². The molecule has 0 amide bonds. The Hall–Kier alpha value is -1.81. The van der Waals surface area contributed by atoms with Crippen LogP contribution in [0.2, 0.25) is 0 Å². The molecule has 0 fully saturated rings. The number of aromatic nitrogens is 2. The van der Waals surface area contributed by atoms with Gasteiger partial charge in [-0.05, 0) is 30.6 Å². The van der Waals surface area contributed by atoms with Crippen molar-refractivity contribution >= 4 is 33.8 Å². The molecule has 0 unspecified atom stereocenters. The molecule has 0 spiro atoms. The van der Waals surface area contributed by atoms with Gasteiger partial charge in [-0.25, -0.2) is 13.3 Å². The zero-order valence-corrected chi connectivity index (χ0v) is 15.4. The summed E-state index contributed by atoms with van der Waals surface area (Å²) in [6, 6.07) is 5.71. The largest absolute Gasteiger partial charge is 0.316 e. The minimum absolute atomic E-state index is 0. The average molecular weight is 406 g/mol. The van der Waals surface area contributed by atoms with Crippen LogP contribution in [0.4, 0.5) is 8.78 Å². The van der Waals surface area contributed by atoms with Gasteiger partial charge in [0.2, 0.25) is 5.95 Å². The van der Waals surface area contributed by atoms with Crippen LogP contribution in [0.1, 0.15) is 5.56 Å².